The second kappa shape index (κ2) is 7.07. The summed E-state index contributed by atoms with van der Waals surface area (Å²) in [5, 5.41) is 9.87. The van der Waals surface area contributed by atoms with Crippen molar-refractivity contribution in [3.8, 4) is 0 Å². The van der Waals surface area contributed by atoms with E-state index >= 15 is 0 Å². The van der Waals surface area contributed by atoms with Crippen molar-refractivity contribution in [1.82, 2.24) is 0 Å². The van der Waals surface area contributed by atoms with Crippen LogP contribution in [0.15, 0.2) is 87.4 Å². The van der Waals surface area contributed by atoms with Gasteiger partial charge in [-0.3, -0.25) is 4.79 Å². The lowest BCUT2D eigenvalue weighted by molar-refractivity contribution is -0.120. The molecule has 2 aliphatic rings. The number of aliphatic imine (C=N–C) groups is 1. The van der Waals surface area contributed by atoms with Crippen LogP contribution in [0.1, 0.15) is 18.1 Å². The Kier molecular flexibility index (Phi) is 4.49. The minimum absolute atomic E-state index is 0.258. The normalized spacial score (nSPS) is 20.0. The number of benzene rings is 3. The zero-order valence-corrected chi connectivity index (χ0v) is 18.3. The monoisotopic (exact) mass is 478 g/mol. The quantitative estimate of drug-likeness (QED) is 0.529. The molecule has 2 heterocycles. The van der Waals surface area contributed by atoms with Crippen LogP contribution in [-0.4, -0.2) is 23.0 Å². The van der Waals surface area contributed by atoms with E-state index < -0.39 is 5.66 Å². The first kappa shape index (κ1) is 19.0. The lowest BCUT2D eigenvalue weighted by Gasteiger charge is -2.33. The Hall–Kier alpha value is -2.96. The molecule has 2 aliphatic heterocycles. The number of carbonyl (C=O) groups excluding carboxylic acids is 1. The Labute approximate surface area is 187 Å². The van der Waals surface area contributed by atoms with Crippen molar-refractivity contribution >= 4 is 56.2 Å². The van der Waals surface area contributed by atoms with Crippen LogP contribution in [0.4, 0.5) is 11.4 Å². The molecule has 1 amide bonds. The average Bonchev–Trinajstić information content (AvgIpc) is 2.99. The molecule has 0 bridgehead atoms. The van der Waals surface area contributed by atoms with Gasteiger partial charge in [0.05, 0.1) is 17.1 Å². The predicted molar refractivity (Wildman–Crippen MR) is 125 cm³/mol. The number of amides is 1. The fourth-order valence-electron chi connectivity index (χ4n) is 3.68. The largest absolute Gasteiger partial charge is 0.348 e. The average molecular weight is 480 g/mol. The molecule has 3 aromatic rings. The molecule has 0 fully saturated rings. The first-order valence-electron chi connectivity index (χ1n) is 9.37. The van der Waals surface area contributed by atoms with E-state index in [2.05, 4.69) is 26.3 Å². The minimum atomic E-state index is -1.30. The van der Waals surface area contributed by atoms with Gasteiger partial charge in [0.25, 0.3) is 5.66 Å². The molecule has 1 unspecified atom stereocenters. The van der Waals surface area contributed by atoms with Gasteiger partial charge in [-0.1, -0.05) is 57.9 Å². The third kappa shape index (κ3) is 2.95. The van der Waals surface area contributed by atoms with Crippen LogP contribution in [-0.2, 0) is 4.79 Å². The van der Waals surface area contributed by atoms with Crippen LogP contribution in [0.25, 0.3) is 0 Å². The zero-order valence-electron chi connectivity index (χ0n) is 15.9. The molecule has 1 N–H and O–H groups in total. The molecule has 30 heavy (non-hydrogen) atoms. The number of para-hydroxylation sites is 1. The molecule has 148 valence electrons. The van der Waals surface area contributed by atoms with E-state index in [0.717, 1.165) is 27.0 Å². The highest BCUT2D eigenvalue weighted by Crippen LogP contribution is 2.37. The Morgan fingerprint density at radius 2 is 1.70 bits per heavy atom. The summed E-state index contributed by atoms with van der Waals surface area (Å²) in [6.07, 6.45) is 0. The Morgan fingerprint density at radius 1 is 1.00 bits per heavy atom. The number of rotatable bonds is 2. The molecular formula is C23H16BrClN4O. The first-order chi connectivity index (χ1) is 14.5. The van der Waals surface area contributed by atoms with Gasteiger partial charge in [-0.05, 0) is 49.4 Å². The van der Waals surface area contributed by atoms with E-state index in [4.69, 9.17) is 16.6 Å². The summed E-state index contributed by atoms with van der Waals surface area (Å²) < 4.78 is 0.979. The molecule has 5 rings (SSSR count). The third-order valence-corrected chi connectivity index (χ3v) is 6.02. The summed E-state index contributed by atoms with van der Waals surface area (Å²) in [7, 11) is 0. The lowest BCUT2D eigenvalue weighted by atomic mass is 9.93. The van der Waals surface area contributed by atoms with Gasteiger partial charge in [-0.25, -0.2) is 4.99 Å². The maximum Gasteiger partial charge on any atom is 0.302 e. The number of hydrogen-bond donors (Lipinski definition) is 1. The Morgan fingerprint density at radius 3 is 2.43 bits per heavy atom. The van der Waals surface area contributed by atoms with E-state index in [1.807, 2.05) is 55.5 Å². The number of nitrogens with one attached hydrogen (secondary N) is 1. The molecule has 0 radical (unpaired) electrons. The molecular weight excluding hydrogens is 464 g/mol. The smallest absolute Gasteiger partial charge is 0.302 e. The van der Waals surface area contributed by atoms with E-state index in [0.29, 0.717) is 16.4 Å². The number of anilines is 2. The number of hydrazone groups is 1. The molecule has 3 aromatic carbocycles. The topological polar surface area (TPSA) is 57.1 Å². The minimum Gasteiger partial charge on any atom is -0.348 e. The van der Waals surface area contributed by atoms with Crippen LogP contribution >= 0.6 is 27.5 Å². The number of carbonyl (C=O) groups is 1. The molecule has 1 spiro atoms. The second-order valence-electron chi connectivity index (χ2n) is 7.13. The fraction of sp³-hybridized carbons (Fsp3) is 0.0870. The van der Waals surface area contributed by atoms with Gasteiger partial charge < -0.3 is 5.32 Å². The number of fused-ring (bicyclic) bond motifs is 1. The zero-order chi connectivity index (χ0) is 20.9. The van der Waals surface area contributed by atoms with Crippen molar-refractivity contribution in [2.75, 3.05) is 10.3 Å². The Bertz CT molecular complexity index is 1220. The van der Waals surface area contributed by atoms with Crippen LogP contribution in [0, 0.1) is 0 Å². The van der Waals surface area contributed by atoms with Crippen molar-refractivity contribution in [2.24, 2.45) is 10.1 Å². The second-order valence-corrected chi connectivity index (χ2v) is 8.48. The third-order valence-electron chi connectivity index (χ3n) is 5.24. The fourth-order valence-corrected chi connectivity index (χ4v) is 4.07. The van der Waals surface area contributed by atoms with Gasteiger partial charge in [-0.15, -0.1) is 0 Å². The molecule has 0 saturated carbocycles. The molecule has 0 aromatic heterocycles. The van der Waals surface area contributed by atoms with E-state index in [9.17, 15) is 4.79 Å². The standard InChI is InChI=1S/C23H16BrClN4O/c1-14-23(22(30)29(28-14)18-12-10-17(25)11-13-18)26-20-5-3-2-4-19(20)21(27-23)15-6-8-16(24)9-7-15/h2-13,26H,1H3. The highest BCUT2D eigenvalue weighted by Gasteiger charge is 2.52. The van der Waals surface area contributed by atoms with Crippen molar-refractivity contribution in [3.05, 3.63) is 93.4 Å². The molecule has 5 nitrogen and oxygen atoms in total. The number of hydrogen-bond acceptors (Lipinski definition) is 4. The van der Waals surface area contributed by atoms with Gasteiger partial charge in [0.2, 0.25) is 0 Å². The highest BCUT2D eigenvalue weighted by atomic mass is 79.9. The maximum atomic E-state index is 13.6. The van der Waals surface area contributed by atoms with Crippen LogP contribution in [0.3, 0.4) is 0 Å². The van der Waals surface area contributed by atoms with Gasteiger partial charge in [0.15, 0.2) is 0 Å². The summed E-state index contributed by atoms with van der Waals surface area (Å²) in [5.41, 5.74) is 3.38. The van der Waals surface area contributed by atoms with Gasteiger partial charge in [-0.2, -0.15) is 10.1 Å². The summed E-state index contributed by atoms with van der Waals surface area (Å²) >= 11 is 9.48. The van der Waals surface area contributed by atoms with Gasteiger partial charge in [0.1, 0.15) is 0 Å². The van der Waals surface area contributed by atoms with Gasteiger partial charge in [0, 0.05) is 26.3 Å². The summed E-state index contributed by atoms with van der Waals surface area (Å²) in [4.78, 5) is 18.6. The number of halogens is 2. The summed E-state index contributed by atoms with van der Waals surface area (Å²) in [6.45, 7) is 1.82. The van der Waals surface area contributed by atoms with Crippen LogP contribution in [0.5, 0.6) is 0 Å². The Balaban J connectivity index is 1.66. The van der Waals surface area contributed by atoms with E-state index in [1.54, 1.807) is 24.3 Å². The van der Waals surface area contributed by atoms with Crippen molar-refractivity contribution in [2.45, 2.75) is 12.6 Å². The van der Waals surface area contributed by atoms with Crippen LogP contribution < -0.4 is 10.3 Å². The van der Waals surface area contributed by atoms with Gasteiger partial charge >= 0.3 is 5.91 Å². The predicted octanol–water partition coefficient (Wildman–Crippen LogP) is 5.48. The molecule has 7 heteroatoms. The molecule has 0 aliphatic carbocycles. The summed E-state index contributed by atoms with van der Waals surface area (Å²) in [6, 6.07) is 22.8. The SMILES string of the molecule is CC1=NN(c2ccc(Cl)cc2)C(=O)C12N=C(c1ccc(Br)cc1)c1ccccc1N2. The van der Waals surface area contributed by atoms with E-state index in [1.165, 1.54) is 5.01 Å². The van der Waals surface area contributed by atoms with Crippen molar-refractivity contribution < 1.29 is 4.79 Å². The lowest BCUT2D eigenvalue weighted by Crippen LogP contribution is -2.53. The molecule has 1 atom stereocenters. The van der Waals surface area contributed by atoms with Crippen molar-refractivity contribution in [3.63, 3.8) is 0 Å². The van der Waals surface area contributed by atoms with Crippen LogP contribution in [0.2, 0.25) is 5.02 Å². The highest BCUT2D eigenvalue weighted by molar-refractivity contribution is 9.10. The first-order valence-corrected chi connectivity index (χ1v) is 10.5. The molecule has 0 saturated heterocycles. The van der Waals surface area contributed by atoms with Crippen molar-refractivity contribution in [1.29, 1.82) is 0 Å². The summed E-state index contributed by atoms with van der Waals surface area (Å²) in [5.74, 6) is -0.258. The van der Waals surface area contributed by atoms with E-state index in [-0.39, 0.29) is 5.91 Å². The number of nitrogens with zero attached hydrogens (tertiary/aromatic N) is 3. The maximum absolute atomic E-state index is 13.6.